The molecule has 7 nitrogen and oxygen atoms in total. The van der Waals surface area contributed by atoms with Crippen molar-refractivity contribution in [3.05, 3.63) is 62.1 Å². The summed E-state index contributed by atoms with van der Waals surface area (Å²) in [6.07, 6.45) is 0.899. The second-order valence-electron chi connectivity index (χ2n) is 5.62. The van der Waals surface area contributed by atoms with Crippen molar-refractivity contribution in [2.24, 2.45) is 0 Å². The van der Waals surface area contributed by atoms with Crippen LogP contribution in [0, 0.1) is 17.0 Å². The summed E-state index contributed by atoms with van der Waals surface area (Å²) in [5.74, 6) is 0.109. The molecule has 0 bridgehead atoms. The molecular formula is C18H18BrN3O4S. The molecule has 0 aliphatic carbocycles. The number of nitrogens with zero attached hydrogens (tertiary/aromatic N) is 1. The van der Waals surface area contributed by atoms with Crippen LogP contribution in [0.15, 0.2) is 40.9 Å². The van der Waals surface area contributed by atoms with E-state index >= 15 is 0 Å². The summed E-state index contributed by atoms with van der Waals surface area (Å²) in [5.41, 5.74) is 2.00. The van der Waals surface area contributed by atoms with E-state index in [2.05, 4.69) is 26.6 Å². The summed E-state index contributed by atoms with van der Waals surface area (Å²) in [5, 5.41) is 16.3. The van der Waals surface area contributed by atoms with Crippen molar-refractivity contribution in [1.82, 2.24) is 5.32 Å². The Kier molecular flexibility index (Phi) is 7.26. The van der Waals surface area contributed by atoms with Gasteiger partial charge in [0.15, 0.2) is 11.7 Å². The largest absolute Gasteiger partial charge is 0.483 e. The molecule has 9 heteroatoms. The van der Waals surface area contributed by atoms with Crippen LogP contribution in [0.3, 0.4) is 0 Å². The number of nitrogens with one attached hydrogen (secondary N) is 2. The highest BCUT2D eigenvalue weighted by atomic mass is 79.9. The minimum absolute atomic E-state index is 0.0298. The van der Waals surface area contributed by atoms with Gasteiger partial charge in [-0.15, -0.1) is 0 Å². The lowest BCUT2D eigenvalue weighted by atomic mass is 10.1. The standard InChI is InChI=1S/C18H18BrN3O4S/c1-3-12-7-8-16(13(19)9-12)26-10-17(23)21-18(27)20-14-5-4-6-15(11(14)2)22(24)25/h4-9H,3,10H2,1-2H3,(H2,20,21,23,27). The number of halogens is 1. The number of thiocarbonyl (C=S) groups is 1. The van der Waals surface area contributed by atoms with E-state index in [1.54, 1.807) is 25.1 Å². The van der Waals surface area contributed by atoms with Gasteiger partial charge in [0.25, 0.3) is 11.6 Å². The number of carbonyl (C=O) groups excluding carboxylic acids is 1. The Morgan fingerprint density at radius 3 is 2.70 bits per heavy atom. The second-order valence-corrected chi connectivity index (χ2v) is 6.88. The molecule has 1 amide bonds. The van der Waals surface area contributed by atoms with Gasteiger partial charge < -0.3 is 10.1 Å². The van der Waals surface area contributed by atoms with Crippen LogP contribution < -0.4 is 15.4 Å². The van der Waals surface area contributed by atoms with Crippen molar-refractivity contribution in [3.8, 4) is 5.75 Å². The molecule has 2 aromatic carbocycles. The van der Waals surface area contributed by atoms with Gasteiger partial charge in [0.05, 0.1) is 20.6 Å². The van der Waals surface area contributed by atoms with Gasteiger partial charge in [-0.2, -0.15) is 0 Å². The van der Waals surface area contributed by atoms with Crippen molar-refractivity contribution in [2.75, 3.05) is 11.9 Å². The van der Waals surface area contributed by atoms with E-state index in [4.69, 9.17) is 17.0 Å². The predicted octanol–water partition coefficient (Wildman–Crippen LogP) is 4.12. The lowest BCUT2D eigenvalue weighted by Gasteiger charge is -2.13. The summed E-state index contributed by atoms with van der Waals surface area (Å²) < 4.78 is 6.25. The Morgan fingerprint density at radius 1 is 1.33 bits per heavy atom. The molecule has 0 heterocycles. The minimum atomic E-state index is -0.475. The van der Waals surface area contributed by atoms with E-state index in [0.29, 0.717) is 17.0 Å². The molecule has 0 aliphatic heterocycles. The first-order chi connectivity index (χ1) is 12.8. The van der Waals surface area contributed by atoms with E-state index < -0.39 is 10.8 Å². The molecule has 142 valence electrons. The average molecular weight is 452 g/mol. The van der Waals surface area contributed by atoms with E-state index in [9.17, 15) is 14.9 Å². The van der Waals surface area contributed by atoms with Gasteiger partial charge in [-0.1, -0.05) is 19.1 Å². The fourth-order valence-electron chi connectivity index (χ4n) is 2.30. The Morgan fingerprint density at radius 2 is 2.07 bits per heavy atom. The van der Waals surface area contributed by atoms with Gasteiger partial charge in [0, 0.05) is 6.07 Å². The molecule has 0 saturated heterocycles. The highest BCUT2D eigenvalue weighted by molar-refractivity contribution is 9.10. The molecule has 0 fully saturated rings. The lowest BCUT2D eigenvalue weighted by Crippen LogP contribution is -2.37. The number of carbonyl (C=O) groups is 1. The molecule has 2 rings (SSSR count). The number of hydrogen-bond acceptors (Lipinski definition) is 5. The Hall–Kier alpha value is -2.52. The maximum absolute atomic E-state index is 12.0. The van der Waals surface area contributed by atoms with Crippen LogP contribution in [0.2, 0.25) is 0 Å². The van der Waals surface area contributed by atoms with Crippen LogP contribution in [-0.4, -0.2) is 22.5 Å². The number of benzene rings is 2. The molecule has 0 aromatic heterocycles. The average Bonchev–Trinajstić information content (AvgIpc) is 2.62. The van der Waals surface area contributed by atoms with E-state index in [-0.39, 0.29) is 17.4 Å². The highest BCUT2D eigenvalue weighted by Gasteiger charge is 2.15. The van der Waals surface area contributed by atoms with Crippen LogP contribution in [0.1, 0.15) is 18.1 Å². The third kappa shape index (κ3) is 5.73. The quantitative estimate of drug-likeness (QED) is 0.389. The normalized spacial score (nSPS) is 10.2. The van der Waals surface area contributed by atoms with Crippen molar-refractivity contribution >= 4 is 50.5 Å². The maximum atomic E-state index is 12.0. The molecule has 2 N–H and O–H groups in total. The maximum Gasteiger partial charge on any atom is 0.274 e. The molecule has 0 saturated carbocycles. The van der Waals surface area contributed by atoms with Crippen molar-refractivity contribution in [2.45, 2.75) is 20.3 Å². The number of anilines is 1. The van der Waals surface area contributed by atoms with E-state index in [1.807, 2.05) is 19.1 Å². The van der Waals surface area contributed by atoms with Crippen molar-refractivity contribution in [1.29, 1.82) is 0 Å². The number of amides is 1. The molecular weight excluding hydrogens is 434 g/mol. The van der Waals surface area contributed by atoms with Crippen molar-refractivity contribution in [3.63, 3.8) is 0 Å². The number of nitro benzene ring substituents is 1. The Labute approximate surface area is 170 Å². The summed E-state index contributed by atoms with van der Waals surface area (Å²) in [6, 6.07) is 10.2. The van der Waals surface area contributed by atoms with Crippen LogP contribution in [0.25, 0.3) is 0 Å². The lowest BCUT2D eigenvalue weighted by molar-refractivity contribution is -0.385. The zero-order valence-electron chi connectivity index (χ0n) is 14.7. The second kappa shape index (κ2) is 9.43. The van der Waals surface area contributed by atoms with Gasteiger partial charge in [-0.25, -0.2) is 0 Å². The third-order valence-corrected chi connectivity index (χ3v) is 4.59. The van der Waals surface area contributed by atoms with E-state index in [1.165, 1.54) is 6.07 Å². The zero-order chi connectivity index (χ0) is 20.0. The number of nitro groups is 1. The van der Waals surface area contributed by atoms with Crippen LogP contribution in [-0.2, 0) is 11.2 Å². The Bertz CT molecular complexity index is 889. The SMILES string of the molecule is CCc1ccc(OCC(=O)NC(=S)Nc2cccc([N+](=O)[O-])c2C)c(Br)c1. The van der Waals surface area contributed by atoms with Gasteiger partial charge in [0.1, 0.15) is 5.75 Å². The topological polar surface area (TPSA) is 93.5 Å². The molecule has 0 aliphatic rings. The zero-order valence-corrected chi connectivity index (χ0v) is 17.1. The van der Waals surface area contributed by atoms with Gasteiger partial charge >= 0.3 is 0 Å². The smallest absolute Gasteiger partial charge is 0.274 e. The van der Waals surface area contributed by atoms with E-state index in [0.717, 1.165) is 16.5 Å². The first kappa shape index (κ1) is 20.8. The summed E-state index contributed by atoms with van der Waals surface area (Å²) >= 11 is 8.50. The highest BCUT2D eigenvalue weighted by Crippen LogP contribution is 2.26. The van der Waals surface area contributed by atoms with Gasteiger partial charge in [0.2, 0.25) is 0 Å². The number of aryl methyl sites for hydroxylation is 1. The molecule has 0 unspecified atom stereocenters. The fraction of sp³-hybridized carbons (Fsp3) is 0.222. The Balaban J connectivity index is 1.92. The van der Waals surface area contributed by atoms with Gasteiger partial charge in [-0.3, -0.25) is 20.2 Å². The summed E-state index contributed by atoms with van der Waals surface area (Å²) in [6.45, 7) is 3.43. The fourth-order valence-corrected chi connectivity index (χ4v) is 3.06. The first-order valence-electron chi connectivity index (χ1n) is 8.08. The molecule has 0 atom stereocenters. The number of rotatable bonds is 6. The van der Waals surface area contributed by atoms with Crippen LogP contribution in [0.5, 0.6) is 5.75 Å². The minimum Gasteiger partial charge on any atom is -0.483 e. The first-order valence-corrected chi connectivity index (χ1v) is 9.28. The molecule has 27 heavy (non-hydrogen) atoms. The van der Waals surface area contributed by atoms with Crippen LogP contribution >= 0.6 is 28.1 Å². The predicted molar refractivity (Wildman–Crippen MR) is 111 cm³/mol. The third-order valence-electron chi connectivity index (χ3n) is 3.77. The van der Waals surface area contributed by atoms with Crippen LogP contribution in [0.4, 0.5) is 11.4 Å². The number of hydrogen-bond donors (Lipinski definition) is 2. The summed E-state index contributed by atoms with van der Waals surface area (Å²) in [7, 11) is 0. The monoisotopic (exact) mass is 451 g/mol. The number of ether oxygens (including phenoxy) is 1. The summed E-state index contributed by atoms with van der Waals surface area (Å²) in [4.78, 5) is 22.5. The van der Waals surface area contributed by atoms with Crippen molar-refractivity contribution < 1.29 is 14.5 Å². The molecule has 0 radical (unpaired) electrons. The molecule has 0 spiro atoms. The van der Waals surface area contributed by atoms with Gasteiger partial charge in [-0.05, 0) is 65.3 Å². The molecule has 2 aromatic rings.